The standard InChI is InChI=1S/C10H10BrNO2/c11-8-3-1-2-7-6(4-9(13)14)5-12-10(7)8/h1-3,6,12H,4-5H2,(H,13,14). The zero-order valence-electron chi connectivity index (χ0n) is 7.46. The largest absolute Gasteiger partial charge is 0.481 e. The summed E-state index contributed by atoms with van der Waals surface area (Å²) in [4.78, 5) is 10.6. The Morgan fingerprint density at radius 2 is 2.43 bits per heavy atom. The van der Waals surface area contributed by atoms with E-state index in [1.165, 1.54) is 0 Å². The second kappa shape index (κ2) is 3.61. The minimum absolute atomic E-state index is 0.0972. The van der Waals surface area contributed by atoms with Gasteiger partial charge in [-0.1, -0.05) is 12.1 Å². The number of anilines is 1. The van der Waals surface area contributed by atoms with Gasteiger partial charge in [-0.2, -0.15) is 0 Å². The molecule has 1 aromatic rings. The molecule has 1 aliphatic rings. The number of carboxylic acids is 1. The van der Waals surface area contributed by atoms with Crippen molar-refractivity contribution in [2.24, 2.45) is 0 Å². The lowest BCUT2D eigenvalue weighted by molar-refractivity contribution is -0.137. The Balaban J connectivity index is 2.30. The Kier molecular flexibility index (Phi) is 2.46. The molecule has 74 valence electrons. The molecule has 3 nitrogen and oxygen atoms in total. The Bertz CT molecular complexity index is 378. The fourth-order valence-corrected chi connectivity index (χ4v) is 2.32. The third-order valence-electron chi connectivity index (χ3n) is 2.43. The highest BCUT2D eigenvalue weighted by Crippen LogP contribution is 2.38. The van der Waals surface area contributed by atoms with Crippen molar-refractivity contribution in [3.63, 3.8) is 0 Å². The van der Waals surface area contributed by atoms with Crippen LogP contribution >= 0.6 is 15.9 Å². The average molecular weight is 256 g/mol. The topological polar surface area (TPSA) is 49.3 Å². The summed E-state index contributed by atoms with van der Waals surface area (Å²) < 4.78 is 1.00. The summed E-state index contributed by atoms with van der Waals surface area (Å²) in [6.07, 6.45) is 0.191. The molecule has 1 atom stereocenters. The van der Waals surface area contributed by atoms with Gasteiger partial charge in [0.15, 0.2) is 0 Å². The van der Waals surface area contributed by atoms with E-state index in [-0.39, 0.29) is 12.3 Å². The molecular weight excluding hydrogens is 246 g/mol. The molecule has 1 aromatic carbocycles. The maximum absolute atomic E-state index is 10.6. The van der Waals surface area contributed by atoms with Gasteiger partial charge in [0.25, 0.3) is 0 Å². The molecule has 2 N–H and O–H groups in total. The number of hydrogen-bond donors (Lipinski definition) is 2. The summed E-state index contributed by atoms with van der Waals surface area (Å²) in [6.45, 7) is 0.713. The van der Waals surface area contributed by atoms with Crippen LogP contribution in [0.3, 0.4) is 0 Å². The fourth-order valence-electron chi connectivity index (χ4n) is 1.80. The van der Waals surface area contributed by atoms with Crippen molar-refractivity contribution in [1.82, 2.24) is 0 Å². The van der Waals surface area contributed by atoms with Crippen LogP contribution in [0.15, 0.2) is 22.7 Å². The number of fused-ring (bicyclic) bond motifs is 1. The van der Waals surface area contributed by atoms with Crippen molar-refractivity contribution >= 4 is 27.6 Å². The van der Waals surface area contributed by atoms with E-state index in [9.17, 15) is 4.79 Å². The van der Waals surface area contributed by atoms with Crippen LogP contribution in [0.5, 0.6) is 0 Å². The minimum Gasteiger partial charge on any atom is -0.481 e. The molecule has 14 heavy (non-hydrogen) atoms. The molecule has 0 fully saturated rings. The molecule has 1 aliphatic heterocycles. The molecule has 0 aromatic heterocycles. The van der Waals surface area contributed by atoms with Crippen molar-refractivity contribution in [2.45, 2.75) is 12.3 Å². The van der Waals surface area contributed by atoms with E-state index in [4.69, 9.17) is 5.11 Å². The number of para-hydroxylation sites is 1. The van der Waals surface area contributed by atoms with Gasteiger partial charge in [-0.05, 0) is 27.6 Å². The second-order valence-corrected chi connectivity index (χ2v) is 4.23. The molecule has 2 rings (SSSR count). The van der Waals surface area contributed by atoms with Gasteiger partial charge >= 0.3 is 5.97 Å². The fraction of sp³-hybridized carbons (Fsp3) is 0.300. The number of benzene rings is 1. The zero-order valence-corrected chi connectivity index (χ0v) is 9.04. The molecular formula is C10H10BrNO2. The van der Waals surface area contributed by atoms with Crippen LogP contribution in [0.25, 0.3) is 0 Å². The first kappa shape index (κ1) is 9.52. The normalized spacial score (nSPS) is 18.8. The van der Waals surface area contributed by atoms with Gasteiger partial charge in [-0.3, -0.25) is 4.79 Å². The number of nitrogens with one attached hydrogen (secondary N) is 1. The van der Waals surface area contributed by atoms with E-state index in [1.807, 2.05) is 18.2 Å². The number of carboxylic acid groups (broad SMARTS) is 1. The first-order valence-corrected chi connectivity index (χ1v) is 5.22. The summed E-state index contributed by atoms with van der Waals surface area (Å²) >= 11 is 3.43. The highest BCUT2D eigenvalue weighted by Gasteiger charge is 2.25. The average Bonchev–Trinajstić information content (AvgIpc) is 2.49. The Morgan fingerprint density at radius 1 is 1.64 bits per heavy atom. The van der Waals surface area contributed by atoms with Crippen LogP contribution in [0.4, 0.5) is 5.69 Å². The number of rotatable bonds is 2. The highest BCUT2D eigenvalue weighted by molar-refractivity contribution is 9.10. The summed E-state index contributed by atoms with van der Waals surface area (Å²) in [5.41, 5.74) is 2.14. The van der Waals surface area contributed by atoms with Gasteiger partial charge in [-0.15, -0.1) is 0 Å². The van der Waals surface area contributed by atoms with Crippen molar-refractivity contribution in [3.8, 4) is 0 Å². The third kappa shape index (κ3) is 1.62. The van der Waals surface area contributed by atoms with Gasteiger partial charge in [0, 0.05) is 16.9 Å². The van der Waals surface area contributed by atoms with Crippen LogP contribution in [0.1, 0.15) is 17.9 Å². The molecule has 0 saturated carbocycles. The molecule has 0 spiro atoms. The van der Waals surface area contributed by atoms with Crippen molar-refractivity contribution in [3.05, 3.63) is 28.2 Å². The van der Waals surface area contributed by atoms with E-state index in [0.29, 0.717) is 6.54 Å². The predicted octanol–water partition coefficient (Wildman–Crippen LogP) is 2.43. The quantitative estimate of drug-likeness (QED) is 0.854. The summed E-state index contributed by atoms with van der Waals surface area (Å²) in [5.74, 6) is -0.648. The maximum Gasteiger partial charge on any atom is 0.304 e. The maximum atomic E-state index is 10.6. The van der Waals surface area contributed by atoms with Crippen LogP contribution < -0.4 is 5.32 Å². The number of halogens is 1. The van der Waals surface area contributed by atoms with Crippen LogP contribution in [0.2, 0.25) is 0 Å². The smallest absolute Gasteiger partial charge is 0.304 e. The lowest BCUT2D eigenvalue weighted by Gasteiger charge is -2.06. The van der Waals surface area contributed by atoms with E-state index < -0.39 is 5.97 Å². The molecule has 4 heteroatoms. The third-order valence-corrected chi connectivity index (χ3v) is 3.09. The van der Waals surface area contributed by atoms with Gasteiger partial charge in [0.05, 0.1) is 12.1 Å². The first-order valence-electron chi connectivity index (χ1n) is 4.42. The first-order chi connectivity index (χ1) is 6.68. The minimum atomic E-state index is -0.746. The van der Waals surface area contributed by atoms with E-state index >= 15 is 0 Å². The Labute approximate surface area is 90.3 Å². The molecule has 1 heterocycles. The van der Waals surface area contributed by atoms with E-state index in [1.54, 1.807) is 0 Å². The Hall–Kier alpha value is -1.03. The number of carbonyl (C=O) groups is 1. The van der Waals surface area contributed by atoms with Crippen molar-refractivity contribution in [1.29, 1.82) is 0 Å². The van der Waals surface area contributed by atoms with Crippen LogP contribution in [-0.4, -0.2) is 17.6 Å². The predicted molar refractivity (Wildman–Crippen MR) is 57.6 cm³/mol. The van der Waals surface area contributed by atoms with Crippen LogP contribution in [-0.2, 0) is 4.79 Å². The Morgan fingerprint density at radius 3 is 3.14 bits per heavy atom. The van der Waals surface area contributed by atoms with Crippen molar-refractivity contribution < 1.29 is 9.90 Å². The van der Waals surface area contributed by atoms with Gasteiger partial charge < -0.3 is 10.4 Å². The van der Waals surface area contributed by atoms with Crippen molar-refractivity contribution in [2.75, 3.05) is 11.9 Å². The molecule has 1 unspecified atom stereocenters. The van der Waals surface area contributed by atoms with Gasteiger partial charge in [-0.25, -0.2) is 0 Å². The van der Waals surface area contributed by atoms with Gasteiger partial charge in [0.1, 0.15) is 0 Å². The van der Waals surface area contributed by atoms with E-state index in [0.717, 1.165) is 15.7 Å². The molecule has 0 saturated heterocycles. The lowest BCUT2D eigenvalue weighted by Crippen LogP contribution is -2.07. The second-order valence-electron chi connectivity index (χ2n) is 3.38. The molecule has 0 radical (unpaired) electrons. The lowest BCUT2D eigenvalue weighted by atomic mass is 9.98. The molecule has 0 aliphatic carbocycles. The monoisotopic (exact) mass is 255 g/mol. The zero-order chi connectivity index (χ0) is 10.1. The van der Waals surface area contributed by atoms with Gasteiger partial charge in [0.2, 0.25) is 0 Å². The molecule has 0 bridgehead atoms. The van der Waals surface area contributed by atoms with Crippen LogP contribution in [0, 0.1) is 0 Å². The number of hydrogen-bond acceptors (Lipinski definition) is 2. The molecule has 0 amide bonds. The van der Waals surface area contributed by atoms with E-state index in [2.05, 4.69) is 21.2 Å². The SMILES string of the molecule is O=C(O)CC1CNc2c(Br)cccc21. The number of aliphatic carboxylic acids is 1. The summed E-state index contributed by atoms with van der Waals surface area (Å²) in [6, 6.07) is 5.87. The summed E-state index contributed by atoms with van der Waals surface area (Å²) in [7, 11) is 0. The summed E-state index contributed by atoms with van der Waals surface area (Å²) in [5, 5.41) is 11.9. The highest BCUT2D eigenvalue weighted by atomic mass is 79.9.